The summed E-state index contributed by atoms with van der Waals surface area (Å²) < 4.78 is 33.8. The van der Waals surface area contributed by atoms with Crippen LogP contribution in [0.25, 0.3) is 0 Å². The second-order valence-corrected chi connectivity index (χ2v) is 9.41. The predicted octanol–water partition coefficient (Wildman–Crippen LogP) is 2.36. The van der Waals surface area contributed by atoms with Crippen molar-refractivity contribution in [2.45, 2.75) is 31.3 Å². The molecule has 0 atom stereocenters. The van der Waals surface area contributed by atoms with Crippen LogP contribution < -0.4 is 9.64 Å². The van der Waals surface area contributed by atoms with Gasteiger partial charge in [-0.3, -0.25) is 14.9 Å². The molecular weight excluding hydrogens is 416 g/mol. The largest absolute Gasteiger partial charge is 0.459 e. The van der Waals surface area contributed by atoms with Gasteiger partial charge in [0.1, 0.15) is 24.2 Å². The maximum atomic E-state index is 12.1. The molecule has 0 bridgehead atoms. The number of esters is 1. The molecule has 0 spiro atoms. The highest BCUT2D eigenvalue weighted by atomic mass is 32.2. The maximum absolute atomic E-state index is 12.1. The van der Waals surface area contributed by atoms with Crippen LogP contribution in [0.2, 0.25) is 0 Å². The Morgan fingerprint density at radius 1 is 1.20 bits per heavy atom. The minimum Gasteiger partial charge on any atom is -0.459 e. The van der Waals surface area contributed by atoms with Crippen LogP contribution >= 0.6 is 0 Å². The molecule has 0 unspecified atom stereocenters. The summed E-state index contributed by atoms with van der Waals surface area (Å²) >= 11 is 0. The van der Waals surface area contributed by atoms with Crippen LogP contribution in [0.3, 0.4) is 0 Å². The minimum atomic E-state index is -3.40. The number of anilines is 1. The number of benzene rings is 1. The van der Waals surface area contributed by atoms with Gasteiger partial charge in [-0.1, -0.05) is 0 Å². The summed E-state index contributed by atoms with van der Waals surface area (Å²) in [5, 5.41) is 11.7. The number of nitro groups is 1. The lowest BCUT2D eigenvalue weighted by atomic mass is 10.2. The SMILES string of the molecule is CN(CC(=O)OC(C)(C)C)c1ncnc(Oc2ccc(S(C)(=O)=O)cc2)c1[N+](=O)[O-]. The van der Waals surface area contributed by atoms with Gasteiger partial charge in [-0.05, 0) is 45.0 Å². The van der Waals surface area contributed by atoms with Crippen molar-refractivity contribution in [2.75, 3.05) is 24.7 Å². The molecule has 0 N–H and O–H groups in total. The summed E-state index contributed by atoms with van der Waals surface area (Å²) in [6.45, 7) is 4.84. The molecule has 0 aliphatic carbocycles. The van der Waals surface area contributed by atoms with E-state index in [9.17, 15) is 23.3 Å². The number of likely N-dealkylation sites (N-methyl/N-ethyl adjacent to an activating group) is 1. The summed E-state index contributed by atoms with van der Waals surface area (Å²) in [5.41, 5.74) is -1.25. The Kier molecular flexibility index (Phi) is 6.60. The zero-order chi connectivity index (χ0) is 22.7. The van der Waals surface area contributed by atoms with E-state index in [1.807, 2.05) is 0 Å². The molecule has 0 radical (unpaired) electrons. The Labute approximate surface area is 173 Å². The molecule has 30 heavy (non-hydrogen) atoms. The molecule has 0 saturated carbocycles. The Bertz CT molecular complexity index is 1050. The number of hydrogen-bond acceptors (Lipinski definition) is 10. The summed E-state index contributed by atoms with van der Waals surface area (Å²) in [4.78, 5) is 32.0. The van der Waals surface area contributed by atoms with Gasteiger partial charge < -0.3 is 14.4 Å². The van der Waals surface area contributed by atoms with Crippen LogP contribution in [0, 0.1) is 10.1 Å². The quantitative estimate of drug-likeness (QED) is 0.359. The van der Waals surface area contributed by atoms with E-state index in [0.29, 0.717) is 0 Å². The predicted molar refractivity (Wildman–Crippen MR) is 107 cm³/mol. The lowest BCUT2D eigenvalue weighted by Gasteiger charge is -2.23. The summed E-state index contributed by atoms with van der Waals surface area (Å²) in [5.74, 6) is -0.932. The van der Waals surface area contributed by atoms with Crippen molar-refractivity contribution in [1.82, 2.24) is 9.97 Å². The Morgan fingerprint density at radius 3 is 2.30 bits per heavy atom. The van der Waals surface area contributed by atoms with Gasteiger partial charge in [0.25, 0.3) is 0 Å². The van der Waals surface area contributed by atoms with Gasteiger partial charge in [0.15, 0.2) is 9.84 Å². The van der Waals surface area contributed by atoms with Crippen molar-refractivity contribution >= 4 is 27.3 Å². The van der Waals surface area contributed by atoms with E-state index >= 15 is 0 Å². The van der Waals surface area contributed by atoms with E-state index < -0.39 is 32.0 Å². The van der Waals surface area contributed by atoms with Crippen molar-refractivity contribution in [3.63, 3.8) is 0 Å². The van der Waals surface area contributed by atoms with Crippen molar-refractivity contribution in [3.05, 3.63) is 40.7 Å². The van der Waals surface area contributed by atoms with E-state index in [1.165, 1.54) is 36.2 Å². The minimum absolute atomic E-state index is 0.0739. The van der Waals surface area contributed by atoms with Gasteiger partial charge in [0.05, 0.1) is 9.82 Å². The molecule has 0 aliphatic rings. The molecule has 12 heteroatoms. The average Bonchev–Trinajstić information content (AvgIpc) is 2.59. The molecular formula is C18H22N4O7S. The molecule has 1 heterocycles. The number of rotatable bonds is 7. The monoisotopic (exact) mass is 438 g/mol. The topological polar surface area (TPSA) is 142 Å². The van der Waals surface area contributed by atoms with Crippen molar-refractivity contribution < 1.29 is 27.6 Å². The highest BCUT2D eigenvalue weighted by Gasteiger charge is 2.29. The van der Waals surface area contributed by atoms with Crippen LogP contribution in [0.5, 0.6) is 11.6 Å². The average molecular weight is 438 g/mol. The molecule has 0 amide bonds. The highest BCUT2D eigenvalue weighted by molar-refractivity contribution is 7.90. The number of aromatic nitrogens is 2. The van der Waals surface area contributed by atoms with Gasteiger partial charge in [0, 0.05) is 13.3 Å². The van der Waals surface area contributed by atoms with Crippen molar-refractivity contribution in [2.24, 2.45) is 0 Å². The number of ether oxygens (including phenoxy) is 2. The van der Waals surface area contributed by atoms with Crippen molar-refractivity contribution in [1.29, 1.82) is 0 Å². The Hall–Kier alpha value is -3.28. The molecule has 11 nitrogen and oxygen atoms in total. The van der Waals surface area contributed by atoms with Crippen molar-refractivity contribution in [3.8, 4) is 11.6 Å². The van der Waals surface area contributed by atoms with Crippen LogP contribution in [-0.4, -0.2) is 54.7 Å². The van der Waals surface area contributed by atoms with E-state index in [-0.39, 0.29) is 28.9 Å². The summed E-state index contributed by atoms with van der Waals surface area (Å²) in [6, 6.07) is 5.33. The molecule has 0 saturated heterocycles. The first-order valence-electron chi connectivity index (χ1n) is 8.68. The number of hydrogen-bond donors (Lipinski definition) is 0. The summed E-state index contributed by atoms with van der Waals surface area (Å²) in [6.07, 6.45) is 2.12. The smallest absolute Gasteiger partial charge is 0.373 e. The second kappa shape index (κ2) is 8.61. The number of carbonyl (C=O) groups is 1. The van der Waals surface area contributed by atoms with E-state index in [4.69, 9.17) is 9.47 Å². The maximum Gasteiger partial charge on any atom is 0.373 e. The van der Waals surface area contributed by atoms with E-state index in [1.54, 1.807) is 20.8 Å². The van der Waals surface area contributed by atoms with Crippen LogP contribution in [0.4, 0.5) is 11.5 Å². The fourth-order valence-corrected chi connectivity index (χ4v) is 3.01. The zero-order valence-electron chi connectivity index (χ0n) is 17.1. The van der Waals surface area contributed by atoms with Crippen LogP contribution in [0.15, 0.2) is 35.5 Å². The number of carbonyl (C=O) groups excluding carboxylic acids is 1. The van der Waals surface area contributed by atoms with Gasteiger partial charge in [-0.25, -0.2) is 13.4 Å². The molecule has 1 aromatic heterocycles. The first-order chi connectivity index (χ1) is 13.8. The van der Waals surface area contributed by atoms with Crippen LogP contribution in [-0.2, 0) is 19.4 Å². The first kappa shape index (κ1) is 23.0. The lowest BCUT2D eigenvalue weighted by Crippen LogP contribution is -2.33. The summed E-state index contributed by atoms with van der Waals surface area (Å²) in [7, 11) is -1.95. The van der Waals surface area contributed by atoms with Gasteiger partial charge in [-0.15, -0.1) is 0 Å². The molecule has 2 aromatic rings. The third-order valence-electron chi connectivity index (χ3n) is 3.57. The molecule has 162 valence electrons. The second-order valence-electron chi connectivity index (χ2n) is 7.40. The molecule has 0 aliphatic heterocycles. The zero-order valence-corrected chi connectivity index (χ0v) is 18.0. The molecule has 2 rings (SSSR count). The third kappa shape index (κ3) is 6.11. The molecule has 0 fully saturated rings. The standard InChI is InChI=1S/C18H22N4O7S/c1-18(2,3)29-14(23)10-21(4)16-15(22(24)25)17(20-11-19-16)28-12-6-8-13(9-7-12)30(5,26)27/h6-9,11H,10H2,1-5H3. The van der Waals surface area contributed by atoms with Gasteiger partial charge in [0.2, 0.25) is 5.82 Å². The fraction of sp³-hybridized carbons (Fsp3) is 0.389. The molecule has 1 aromatic carbocycles. The normalized spacial score (nSPS) is 11.6. The highest BCUT2D eigenvalue weighted by Crippen LogP contribution is 2.35. The van der Waals surface area contributed by atoms with E-state index in [0.717, 1.165) is 12.6 Å². The number of sulfone groups is 1. The first-order valence-corrected chi connectivity index (χ1v) is 10.6. The van der Waals surface area contributed by atoms with Crippen LogP contribution in [0.1, 0.15) is 20.8 Å². The Morgan fingerprint density at radius 2 is 1.80 bits per heavy atom. The third-order valence-corrected chi connectivity index (χ3v) is 4.69. The fourth-order valence-electron chi connectivity index (χ4n) is 2.38. The Balaban J connectivity index is 2.32. The van der Waals surface area contributed by atoms with E-state index in [2.05, 4.69) is 9.97 Å². The number of nitrogens with zero attached hydrogens (tertiary/aromatic N) is 4. The van der Waals surface area contributed by atoms with Gasteiger partial charge in [-0.2, -0.15) is 4.98 Å². The lowest BCUT2D eigenvalue weighted by molar-refractivity contribution is -0.385. The van der Waals surface area contributed by atoms with Gasteiger partial charge >= 0.3 is 17.5 Å².